The molecule has 338 valence electrons. The molecule has 17 rings (SSSR count). The molecular weight excluding hydrogens is 913 g/mol. The molecular formula is C66H42O4Si2. The lowest BCUT2D eigenvalue weighted by Crippen LogP contribution is -2.51. The number of benzene rings is 11. The van der Waals surface area contributed by atoms with E-state index in [-0.39, 0.29) is 0 Å². The summed E-state index contributed by atoms with van der Waals surface area (Å²) in [6, 6.07) is 66.7. The van der Waals surface area contributed by atoms with Crippen LogP contribution >= 0.6 is 0 Å². The number of hydrogen-bond acceptors (Lipinski definition) is 4. The molecule has 15 aromatic rings. The fraction of sp³-hybridized carbons (Fsp3) is 0.0606. The minimum absolute atomic E-state index is 0.895. The molecule has 0 fully saturated rings. The van der Waals surface area contributed by atoms with Crippen LogP contribution in [-0.2, 0) is 0 Å². The molecule has 0 unspecified atom stereocenters. The largest absolute Gasteiger partial charge is 0.456 e. The van der Waals surface area contributed by atoms with Crippen molar-refractivity contribution >= 4 is 146 Å². The van der Waals surface area contributed by atoms with Gasteiger partial charge in [-0.1, -0.05) is 160 Å². The van der Waals surface area contributed by atoms with Crippen molar-refractivity contribution in [2.45, 2.75) is 26.2 Å². The predicted molar refractivity (Wildman–Crippen MR) is 306 cm³/mol. The van der Waals surface area contributed by atoms with Gasteiger partial charge in [-0.25, -0.2) is 0 Å². The lowest BCUT2D eigenvalue weighted by atomic mass is 9.92. The van der Waals surface area contributed by atoms with E-state index in [1.54, 1.807) is 0 Å². The van der Waals surface area contributed by atoms with Crippen molar-refractivity contribution in [3.63, 3.8) is 0 Å². The maximum atomic E-state index is 7.14. The third-order valence-electron chi connectivity index (χ3n) is 17.0. The summed E-state index contributed by atoms with van der Waals surface area (Å²) in [5, 5.41) is 19.8. The number of furan rings is 4. The topological polar surface area (TPSA) is 52.6 Å². The number of hydrogen-bond donors (Lipinski definition) is 0. The number of fused-ring (bicyclic) bond motifs is 24. The van der Waals surface area contributed by atoms with Crippen LogP contribution in [0.5, 0.6) is 0 Å². The lowest BCUT2D eigenvalue weighted by molar-refractivity contribution is 0.669. The highest BCUT2D eigenvalue weighted by Crippen LogP contribution is 2.49. The third kappa shape index (κ3) is 4.86. The van der Waals surface area contributed by atoms with Crippen LogP contribution in [0.3, 0.4) is 0 Å². The van der Waals surface area contributed by atoms with Crippen LogP contribution < -0.4 is 20.7 Å². The van der Waals surface area contributed by atoms with E-state index in [2.05, 4.69) is 208 Å². The van der Waals surface area contributed by atoms with Crippen LogP contribution in [0.25, 0.3) is 154 Å². The normalized spacial score (nSPS) is 14.6. The van der Waals surface area contributed by atoms with Gasteiger partial charge >= 0.3 is 0 Å². The first kappa shape index (κ1) is 39.3. The summed E-state index contributed by atoms with van der Waals surface area (Å²) < 4.78 is 27.6. The highest BCUT2D eigenvalue weighted by atomic mass is 28.3. The van der Waals surface area contributed by atoms with Crippen molar-refractivity contribution in [3.8, 4) is 44.5 Å². The van der Waals surface area contributed by atoms with Gasteiger partial charge in [0, 0.05) is 54.2 Å². The molecule has 0 bridgehead atoms. The molecule has 2 aliphatic rings. The molecule has 0 atom stereocenters. The van der Waals surface area contributed by atoms with E-state index < -0.39 is 16.1 Å². The van der Waals surface area contributed by atoms with Crippen LogP contribution in [0.2, 0.25) is 26.2 Å². The number of para-hydroxylation sites is 2. The summed E-state index contributed by atoms with van der Waals surface area (Å²) in [5.74, 6) is 0. The van der Waals surface area contributed by atoms with Crippen molar-refractivity contribution < 1.29 is 17.7 Å². The van der Waals surface area contributed by atoms with Gasteiger partial charge in [-0.2, -0.15) is 0 Å². The fourth-order valence-corrected chi connectivity index (χ4v) is 19.6. The maximum Gasteiger partial charge on any atom is 0.143 e. The maximum absolute atomic E-state index is 7.14. The zero-order valence-corrected chi connectivity index (χ0v) is 42.0. The SMILES string of the molecule is C[Si]1(C)c2cc3c(cc2-c2c1cc(-c1ccc4c(c1)oc1ccc5ccccc5c14)c1c2oc2ccccc21)[Si](C)(C)c1cc(-c2ccc4c(c2)oc2ccc5ccccc5c24)c2c(oc4ccccc42)c1-3. The summed E-state index contributed by atoms with van der Waals surface area (Å²) in [6.07, 6.45) is 0. The van der Waals surface area contributed by atoms with E-state index >= 15 is 0 Å². The second-order valence-electron chi connectivity index (χ2n) is 21.4. The Morgan fingerprint density at radius 2 is 0.667 bits per heavy atom. The van der Waals surface area contributed by atoms with E-state index in [0.29, 0.717) is 0 Å². The Labute approximate surface area is 414 Å². The summed E-state index contributed by atoms with van der Waals surface area (Å²) in [6.45, 7) is 10.1. The summed E-state index contributed by atoms with van der Waals surface area (Å²) in [5.41, 5.74) is 17.2. The van der Waals surface area contributed by atoms with Crippen molar-refractivity contribution in [1.29, 1.82) is 0 Å². The lowest BCUT2D eigenvalue weighted by Gasteiger charge is -2.22. The van der Waals surface area contributed by atoms with Gasteiger partial charge in [0.25, 0.3) is 0 Å². The molecule has 11 aromatic carbocycles. The molecule has 0 saturated carbocycles. The van der Waals surface area contributed by atoms with Gasteiger partial charge in [0.2, 0.25) is 0 Å². The van der Waals surface area contributed by atoms with Crippen LogP contribution in [0.1, 0.15) is 0 Å². The molecule has 0 spiro atoms. The van der Waals surface area contributed by atoms with E-state index in [1.807, 2.05) is 0 Å². The van der Waals surface area contributed by atoms with E-state index in [1.165, 1.54) is 86.4 Å². The molecule has 2 aliphatic heterocycles. The molecule has 0 radical (unpaired) electrons. The third-order valence-corrected chi connectivity index (χ3v) is 24.0. The summed E-state index contributed by atoms with van der Waals surface area (Å²) in [4.78, 5) is 0. The molecule has 72 heavy (non-hydrogen) atoms. The Morgan fingerprint density at radius 1 is 0.278 bits per heavy atom. The van der Waals surface area contributed by atoms with Crippen molar-refractivity contribution in [2.75, 3.05) is 0 Å². The molecule has 0 aliphatic carbocycles. The average Bonchev–Trinajstić information content (AvgIpc) is 4.25. The first-order chi connectivity index (χ1) is 35.2. The van der Waals surface area contributed by atoms with Crippen molar-refractivity contribution in [2.24, 2.45) is 0 Å². The molecule has 4 nitrogen and oxygen atoms in total. The molecule has 0 saturated heterocycles. The smallest absolute Gasteiger partial charge is 0.143 e. The van der Waals surface area contributed by atoms with E-state index in [9.17, 15) is 0 Å². The van der Waals surface area contributed by atoms with Crippen molar-refractivity contribution in [1.82, 2.24) is 0 Å². The highest BCUT2D eigenvalue weighted by molar-refractivity contribution is 7.06. The standard InChI is InChI=1S/C66H42O4Si2/c1-71(2)55-33-48-56(34-47(55)63-57(71)31-45(61-41-17-9-11-19-49(41)69-65(61)63)37-21-25-43-53(29-37)67-51-27-23-35-13-5-7-15-39(35)59(43)51)72(3,4)58-32-46(62-42-18-10-12-20-50(42)70-66(62)64(48)58)38-22-26-44-54(30-38)68-52-28-24-36-14-6-8-16-40(36)60(44)52/h5-34H,1-4H3. The predicted octanol–water partition coefficient (Wildman–Crippen LogP) is 16.5. The second-order valence-corrected chi connectivity index (χ2v) is 30.1. The zero-order chi connectivity index (χ0) is 47.5. The molecule has 6 heterocycles. The van der Waals surface area contributed by atoms with Gasteiger partial charge < -0.3 is 17.7 Å². The monoisotopic (exact) mass is 954 g/mol. The van der Waals surface area contributed by atoms with Gasteiger partial charge in [0.05, 0.1) is 0 Å². The Kier molecular flexibility index (Phi) is 7.26. The van der Waals surface area contributed by atoms with Gasteiger partial charge in [-0.15, -0.1) is 0 Å². The zero-order valence-electron chi connectivity index (χ0n) is 40.0. The fourth-order valence-electron chi connectivity index (χ4n) is 13.5. The Hall–Kier alpha value is -8.43. The van der Waals surface area contributed by atoms with Crippen molar-refractivity contribution in [3.05, 3.63) is 182 Å². The molecule has 0 N–H and O–H groups in total. The number of rotatable bonds is 2. The summed E-state index contributed by atoms with van der Waals surface area (Å²) in [7, 11) is -4.73. The highest BCUT2D eigenvalue weighted by Gasteiger charge is 2.46. The van der Waals surface area contributed by atoms with E-state index in [0.717, 1.165) is 88.1 Å². The van der Waals surface area contributed by atoms with Crippen LogP contribution in [-0.4, -0.2) is 16.1 Å². The minimum Gasteiger partial charge on any atom is -0.456 e. The Bertz CT molecular complexity index is 4680. The molecule has 6 heteroatoms. The summed E-state index contributed by atoms with van der Waals surface area (Å²) >= 11 is 0. The first-order valence-corrected chi connectivity index (χ1v) is 31.0. The molecule has 0 amide bonds. The van der Waals surface area contributed by atoms with Gasteiger partial charge in [-0.3, -0.25) is 0 Å². The van der Waals surface area contributed by atoms with Crippen LogP contribution in [0.4, 0.5) is 0 Å². The van der Waals surface area contributed by atoms with Gasteiger partial charge in [0.1, 0.15) is 60.8 Å². The van der Waals surface area contributed by atoms with Crippen LogP contribution in [0.15, 0.2) is 200 Å². The van der Waals surface area contributed by atoms with Crippen LogP contribution in [0, 0.1) is 0 Å². The average molecular weight is 955 g/mol. The molecule has 4 aromatic heterocycles. The van der Waals surface area contributed by atoms with Gasteiger partial charge in [-0.05, 0) is 124 Å². The van der Waals surface area contributed by atoms with Gasteiger partial charge in [0.15, 0.2) is 0 Å². The quantitative estimate of drug-likeness (QED) is 0.162. The Morgan fingerprint density at radius 3 is 1.12 bits per heavy atom. The minimum atomic E-state index is -2.36. The van der Waals surface area contributed by atoms with E-state index in [4.69, 9.17) is 17.7 Å². The Balaban J connectivity index is 0.880. The second kappa shape index (κ2) is 13.3. The first-order valence-electron chi connectivity index (χ1n) is 25.0.